The Kier molecular flexibility index (Phi) is 3.79. The topological polar surface area (TPSA) is 36.4 Å². The molecule has 0 radical (unpaired) electrons. The van der Waals surface area contributed by atoms with Crippen molar-refractivity contribution < 1.29 is 5.11 Å². The van der Waals surface area contributed by atoms with E-state index >= 15 is 0 Å². The van der Waals surface area contributed by atoms with Gasteiger partial charge in [0.25, 0.3) is 0 Å². The highest BCUT2D eigenvalue weighted by molar-refractivity contribution is 6.29. The molecule has 2 rings (SSSR count). The third kappa shape index (κ3) is 2.54. The maximum atomic E-state index is 9.35. The number of halogens is 1. The smallest absolute Gasteiger partial charge is 0.129 e. The molecule has 16 heavy (non-hydrogen) atoms. The van der Waals surface area contributed by atoms with E-state index in [0.717, 1.165) is 25.1 Å². The van der Waals surface area contributed by atoms with Gasteiger partial charge in [-0.25, -0.2) is 4.98 Å². The Morgan fingerprint density at radius 1 is 1.56 bits per heavy atom. The molecule has 1 saturated heterocycles. The summed E-state index contributed by atoms with van der Waals surface area (Å²) in [6.07, 6.45) is 2.96. The van der Waals surface area contributed by atoms with Crippen molar-refractivity contribution in [1.82, 2.24) is 9.88 Å². The summed E-state index contributed by atoms with van der Waals surface area (Å²) in [6.45, 7) is 4.33. The Labute approximate surface area is 101 Å². The van der Waals surface area contributed by atoms with Crippen LogP contribution in [0, 0.1) is 5.92 Å². The molecule has 3 nitrogen and oxygen atoms in total. The van der Waals surface area contributed by atoms with Crippen molar-refractivity contribution in [2.45, 2.75) is 25.9 Å². The van der Waals surface area contributed by atoms with Gasteiger partial charge in [0.2, 0.25) is 0 Å². The molecule has 1 aliphatic heterocycles. The summed E-state index contributed by atoms with van der Waals surface area (Å²) < 4.78 is 0. The molecule has 2 atom stereocenters. The monoisotopic (exact) mass is 240 g/mol. The van der Waals surface area contributed by atoms with Crippen LogP contribution in [-0.2, 0) is 6.54 Å². The molecule has 1 aromatic rings. The first-order valence-corrected chi connectivity index (χ1v) is 6.04. The van der Waals surface area contributed by atoms with Crippen LogP contribution in [0.25, 0.3) is 0 Å². The lowest BCUT2D eigenvalue weighted by atomic mass is 10.0. The van der Waals surface area contributed by atoms with Crippen LogP contribution < -0.4 is 0 Å². The average molecular weight is 241 g/mol. The second kappa shape index (κ2) is 5.13. The van der Waals surface area contributed by atoms with Crippen LogP contribution in [-0.4, -0.2) is 34.2 Å². The van der Waals surface area contributed by atoms with Crippen LogP contribution in [0.4, 0.5) is 0 Å². The molecule has 4 heteroatoms. The minimum Gasteiger partial charge on any atom is -0.395 e. The highest BCUT2D eigenvalue weighted by atomic mass is 35.5. The molecule has 0 spiro atoms. The zero-order valence-corrected chi connectivity index (χ0v) is 10.2. The van der Waals surface area contributed by atoms with E-state index in [1.54, 1.807) is 6.20 Å². The molecule has 1 aliphatic rings. The van der Waals surface area contributed by atoms with E-state index in [2.05, 4.69) is 16.8 Å². The third-order valence-electron chi connectivity index (χ3n) is 3.36. The number of aliphatic hydroxyl groups excluding tert-OH is 1. The van der Waals surface area contributed by atoms with Gasteiger partial charge in [-0.2, -0.15) is 0 Å². The molecule has 0 aliphatic carbocycles. The molecule has 2 heterocycles. The zero-order chi connectivity index (χ0) is 11.5. The molecule has 1 fully saturated rings. The third-order valence-corrected chi connectivity index (χ3v) is 3.58. The van der Waals surface area contributed by atoms with E-state index in [1.807, 2.05) is 12.1 Å². The molecule has 1 N–H and O–H groups in total. The van der Waals surface area contributed by atoms with Crippen molar-refractivity contribution in [1.29, 1.82) is 0 Å². The maximum Gasteiger partial charge on any atom is 0.129 e. The van der Waals surface area contributed by atoms with E-state index in [-0.39, 0.29) is 12.6 Å². The number of nitrogens with zero attached hydrogens (tertiary/aromatic N) is 2. The van der Waals surface area contributed by atoms with Gasteiger partial charge in [-0.15, -0.1) is 0 Å². The van der Waals surface area contributed by atoms with Gasteiger partial charge in [-0.3, -0.25) is 4.90 Å². The fourth-order valence-electron chi connectivity index (χ4n) is 2.31. The number of likely N-dealkylation sites (tertiary alicyclic amines) is 1. The zero-order valence-electron chi connectivity index (χ0n) is 9.43. The SMILES string of the molecule is CC1CCN(Cc2ccc(Cl)nc2)C1CO. The fraction of sp³-hybridized carbons (Fsp3) is 0.583. The maximum absolute atomic E-state index is 9.35. The van der Waals surface area contributed by atoms with Crippen molar-refractivity contribution >= 4 is 11.6 Å². The van der Waals surface area contributed by atoms with Crippen LogP contribution in [0.2, 0.25) is 5.15 Å². The molecule has 0 aromatic carbocycles. The molecule has 88 valence electrons. The number of aromatic nitrogens is 1. The highest BCUT2D eigenvalue weighted by Gasteiger charge is 2.30. The normalized spacial score (nSPS) is 26.2. The number of hydrogen-bond donors (Lipinski definition) is 1. The van der Waals surface area contributed by atoms with E-state index < -0.39 is 0 Å². The van der Waals surface area contributed by atoms with E-state index in [1.165, 1.54) is 0 Å². The molecule has 0 saturated carbocycles. The number of hydrogen-bond acceptors (Lipinski definition) is 3. The Balaban J connectivity index is 2.01. The Morgan fingerprint density at radius 3 is 3.00 bits per heavy atom. The predicted octanol–water partition coefficient (Wildman–Crippen LogP) is 1.94. The molecule has 2 unspecified atom stereocenters. The van der Waals surface area contributed by atoms with Gasteiger partial charge < -0.3 is 5.11 Å². The van der Waals surface area contributed by atoms with E-state index in [0.29, 0.717) is 11.1 Å². The minimum atomic E-state index is 0.238. The largest absolute Gasteiger partial charge is 0.395 e. The lowest BCUT2D eigenvalue weighted by molar-refractivity contribution is 0.134. The first-order valence-electron chi connectivity index (χ1n) is 5.66. The second-order valence-electron chi connectivity index (χ2n) is 4.48. The summed E-state index contributed by atoms with van der Waals surface area (Å²) in [5.41, 5.74) is 1.15. The lowest BCUT2D eigenvalue weighted by Crippen LogP contribution is -2.34. The predicted molar refractivity (Wildman–Crippen MR) is 64.3 cm³/mol. The second-order valence-corrected chi connectivity index (χ2v) is 4.86. The van der Waals surface area contributed by atoms with Crippen LogP contribution in [0.15, 0.2) is 18.3 Å². The quantitative estimate of drug-likeness (QED) is 0.821. The molecule has 0 amide bonds. The summed E-state index contributed by atoms with van der Waals surface area (Å²) in [7, 11) is 0. The first kappa shape index (κ1) is 11.8. The summed E-state index contributed by atoms with van der Waals surface area (Å²) >= 11 is 5.74. The lowest BCUT2D eigenvalue weighted by Gasteiger charge is -2.24. The van der Waals surface area contributed by atoms with Crippen LogP contribution >= 0.6 is 11.6 Å². The highest BCUT2D eigenvalue weighted by Crippen LogP contribution is 2.25. The number of pyridine rings is 1. The summed E-state index contributed by atoms with van der Waals surface area (Å²) in [6, 6.07) is 4.09. The standard InChI is InChI=1S/C12H17ClN2O/c1-9-4-5-15(11(9)8-16)7-10-2-3-12(13)14-6-10/h2-3,6,9,11,16H,4-5,7-8H2,1H3. The van der Waals surface area contributed by atoms with Crippen LogP contribution in [0.1, 0.15) is 18.9 Å². The van der Waals surface area contributed by atoms with E-state index in [9.17, 15) is 5.11 Å². The molecule has 1 aromatic heterocycles. The summed E-state index contributed by atoms with van der Waals surface area (Å²) in [4.78, 5) is 6.38. The van der Waals surface area contributed by atoms with Crippen molar-refractivity contribution in [2.24, 2.45) is 5.92 Å². The van der Waals surface area contributed by atoms with Crippen molar-refractivity contribution in [3.05, 3.63) is 29.0 Å². The Bertz CT molecular complexity index is 341. The van der Waals surface area contributed by atoms with Crippen molar-refractivity contribution in [3.63, 3.8) is 0 Å². The van der Waals surface area contributed by atoms with Gasteiger partial charge in [0.05, 0.1) is 6.61 Å². The van der Waals surface area contributed by atoms with Crippen LogP contribution in [0.5, 0.6) is 0 Å². The number of aliphatic hydroxyl groups is 1. The Hall–Kier alpha value is -0.640. The van der Waals surface area contributed by atoms with E-state index in [4.69, 9.17) is 11.6 Å². The Morgan fingerprint density at radius 2 is 2.38 bits per heavy atom. The van der Waals surface area contributed by atoms with Crippen molar-refractivity contribution in [3.8, 4) is 0 Å². The summed E-state index contributed by atoms with van der Waals surface area (Å²) in [5.74, 6) is 0.574. The molecule has 0 bridgehead atoms. The summed E-state index contributed by atoms with van der Waals surface area (Å²) in [5, 5.41) is 9.88. The number of rotatable bonds is 3. The van der Waals surface area contributed by atoms with Gasteiger partial charge >= 0.3 is 0 Å². The van der Waals surface area contributed by atoms with Gasteiger partial charge in [0, 0.05) is 18.8 Å². The van der Waals surface area contributed by atoms with Crippen LogP contribution in [0.3, 0.4) is 0 Å². The first-order chi connectivity index (χ1) is 7.70. The fourth-order valence-corrected chi connectivity index (χ4v) is 2.43. The van der Waals surface area contributed by atoms with Crippen molar-refractivity contribution in [2.75, 3.05) is 13.2 Å². The molecular formula is C12H17ClN2O. The average Bonchev–Trinajstić information content (AvgIpc) is 2.63. The van der Waals surface area contributed by atoms with Gasteiger partial charge in [0.1, 0.15) is 5.15 Å². The van der Waals surface area contributed by atoms with Gasteiger partial charge in [-0.05, 0) is 30.5 Å². The van der Waals surface area contributed by atoms with Gasteiger partial charge in [0.15, 0.2) is 0 Å². The minimum absolute atomic E-state index is 0.238. The van der Waals surface area contributed by atoms with Gasteiger partial charge in [-0.1, -0.05) is 24.6 Å². The molecular weight excluding hydrogens is 224 g/mol.